The Kier molecular flexibility index (Phi) is 8.76. The Bertz CT molecular complexity index is 199. The third kappa shape index (κ3) is 6.38. The van der Waals surface area contributed by atoms with E-state index in [-0.39, 0.29) is 0 Å². The molecule has 0 fully saturated rings. The number of hydrogen-bond acceptors (Lipinski definition) is 3. The fourth-order valence-electron chi connectivity index (χ4n) is 1.54. The van der Waals surface area contributed by atoms with E-state index in [9.17, 15) is 4.79 Å². The number of nitrogens with one attached hydrogen (secondary N) is 1. The summed E-state index contributed by atoms with van der Waals surface area (Å²) >= 11 is 1.93. The van der Waals surface area contributed by atoms with E-state index in [2.05, 4.69) is 12.2 Å². The minimum absolute atomic E-state index is 0.700. The van der Waals surface area contributed by atoms with E-state index in [0.29, 0.717) is 13.0 Å². The van der Waals surface area contributed by atoms with Gasteiger partial charge in [-0.3, -0.25) is 4.79 Å². The highest BCUT2D eigenvalue weighted by Crippen LogP contribution is 2.16. The van der Waals surface area contributed by atoms with E-state index in [0.717, 1.165) is 12.2 Å². The number of unbranched alkanes of at least 4 members (excludes halogenated alkanes) is 1. The molecule has 16 heavy (non-hydrogen) atoms. The molecule has 0 rings (SSSR count). The number of hydrogen-bond donors (Lipinski definition) is 2. The van der Waals surface area contributed by atoms with Crippen molar-refractivity contribution >= 4 is 17.7 Å². The molecule has 1 unspecified atom stereocenters. The highest BCUT2D eigenvalue weighted by molar-refractivity contribution is 7.99. The maximum atomic E-state index is 11.1. The van der Waals surface area contributed by atoms with Crippen LogP contribution in [0.2, 0.25) is 0 Å². The number of thioether (sulfide) groups is 1. The van der Waals surface area contributed by atoms with Crippen molar-refractivity contribution in [2.24, 2.45) is 0 Å². The highest BCUT2D eigenvalue weighted by Gasteiger charge is 2.30. The molecule has 0 aliphatic carbocycles. The van der Waals surface area contributed by atoms with E-state index in [4.69, 9.17) is 5.11 Å². The van der Waals surface area contributed by atoms with Crippen molar-refractivity contribution in [3.8, 4) is 0 Å². The van der Waals surface area contributed by atoms with Gasteiger partial charge in [-0.05, 0) is 44.2 Å². The zero-order chi connectivity index (χ0) is 12.4. The molecule has 96 valence electrons. The molecule has 0 spiro atoms. The van der Waals surface area contributed by atoms with Crippen LogP contribution in [0.1, 0.15) is 46.5 Å². The summed E-state index contributed by atoms with van der Waals surface area (Å²) in [6.07, 6.45) is 4.16. The van der Waals surface area contributed by atoms with Crippen LogP contribution >= 0.6 is 11.8 Å². The maximum absolute atomic E-state index is 11.1. The molecule has 0 aromatic heterocycles. The molecule has 0 aromatic carbocycles. The molecule has 4 heteroatoms. The minimum Gasteiger partial charge on any atom is -0.480 e. The first kappa shape index (κ1) is 15.8. The molecule has 1 atom stereocenters. The van der Waals surface area contributed by atoms with Gasteiger partial charge < -0.3 is 10.4 Å². The zero-order valence-corrected chi connectivity index (χ0v) is 11.5. The second-order valence-corrected chi connectivity index (χ2v) is 5.46. The number of likely N-dealkylation sites (N-methyl/N-ethyl adjacent to an activating group) is 1. The number of rotatable bonds is 10. The number of aliphatic carboxylic acids is 1. The predicted octanol–water partition coefficient (Wildman–Crippen LogP) is 2.75. The largest absolute Gasteiger partial charge is 0.480 e. The van der Waals surface area contributed by atoms with Gasteiger partial charge in [-0.15, -0.1) is 0 Å². The van der Waals surface area contributed by atoms with Crippen LogP contribution in [0.4, 0.5) is 0 Å². The number of carbonyl (C=O) groups is 1. The van der Waals surface area contributed by atoms with Gasteiger partial charge in [0.25, 0.3) is 0 Å². The Labute approximate surface area is 103 Å². The van der Waals surface area contributed by atoms with Gasteiger partial charge in [0.05, 0.1) is 0 Å². The summed E-state index contributed by atoms with van der Waals surface area (Å²) < 4.78 is 0. The van der Waals surface area contributed by atoms with Gasteiger partial charge in [0, 0.05) is 0 Å². The summed E-state index contributed by atoms with van der Waals surface area (Å²) in [6.45, 7) is 6.60. The first-order chi connectivity index (χ1) is 7.56. The molecule has 0 heterocycles. The zero-order valence-electron chi connectivity index (χ0n) is 10.7. The summed E-state index contributed by atoms with van der Waals surface area (Å²) in [5.74, 6) is 1.52. The molecule has 0 amide bonds. The molecule has 0 aliphatic heterocycles. The topological polar surface area (TPSA) is 49.3 Å². The van der Waals surface area contributed by atoms with Gasteiger partial charge in [-0.25, -0.2) is 0 Å². The molecular formula is C12H25NO2S. The standard InChI is InChI=1S/C12H25NO2S/c1-4-6-9-16-10-7-8-12(3,11(14)15)13-5-2/h13H,4-10H2,1-3H3,(H,14,15). The highest BCUT2D eigenvalue weighted by atomic mass is 32.2. The molecule has 2 N–H and O–H groups in total. The maximum Gasteiger partial charge on any atom is 0.323 e. The average Bonchev–Trinajstić information content (AvgIpc) is 2.23. The first-order valence-electron chi connectivity index (χ1n) is 6.13. The van der Waals surface area contributed by atoms with Crippen LogP contribution in [0.25, 0.3) is 0 Å². The molecule has 0 aliphatic rings. The lowest BCUT2D eigenvalue weighted by Crippen LogP contribution is -2.49. The van der Waals surface area contributed by atoms with Gasteiger partial charge in [0.2, 0.25) is 0 Å². The smallest absolute Gasteiger partial charge is 0.323 e. The lowest BCUT2D eigenvalue weighted by Gasteiger charge is -2.25. The number of carboxylic acids is 1. The predicted molar refractivity (Wildman–Crippen MR) is 71.2 cm³/mol. The molecular weight excluding hydrogens is 222 g/mol. The van der Waals surface area contributed by atoms with Crippen LogP contribution in [0.5, 0.6) is 0 Å². The lowest BCUT2D eigenvalue weighted by atomic mass is 9.96. The third-order valence-electron chi connectivity index (χ3n) is 2.65. The summed E-state index contributed by atoms with van der Waals surface area (Å²) in [5.41, 5.74) is -0.750. The van der Waals surface area contributed by atoms with E-state index in [1.54, 1.807) is 6.92 Å². The minimum atomic E-state index is -0.750. The van der Waals surface area contributed by atoms with E-state index in [1.165, 1.54) is 18.6 Å². The van der Waals surface area contributed by atoms with Crippen LogP contribution in [0.15, 0.2) is 0 Å². The Hall–Kier alpha value is -0.220. The second-order valence-electron chi connectivity index (χ2n) is 4.24. The van der Waals surface area contributed by atoms with Crippen LogP contribution in [0.3, 0.4) is 0 Å². The van der Waals surface area contributed by atoms with E-state index >= 15 is 0 Å². The Morgan fingerprint density at radius 3 is 2.44 bits per heavy atom. The van der Waals surface area contributed by atoms with Crippen molar-refractivity contribution in [3.05, 3.63) is 0 Å². The van der Waals surface area contributed by atoms with Crippen molar-refractivity contribution in [2.75, 3.05) is 18.1 Å². The summed E-state index contributed by atoms with van der Waals surface area (Å²) in [4.78, 5) is 11.1. The van der Waals surface area contributed by atoms with Gasteiger partial charge >= 0.3 is 5.97 Å². The monoisotopic (exact) mass is 247 g/mol. The third-order valence-corrected chi connectivity index (χ3v) is 3.80. The van der Waals surface area contributed by atoms with Crippen molar-refractivity contribution in [3.63, 3.8) is 0 Å². The number of carboxylic acid groups (broad SMARTS) is 1. The van der Waals surface area contributed by atoms with Crippen LogP contribution < -0.4 is 5.32 Å². The Balaban J connectivity index is 3.73. The summed E-state index contributed by atoms with van der Waals surface area (Å²) in [7, 11) is 0. The van der Waals surface area contributed by atoms with Crippen molar-refractivity contribution in [1.29, 1.82) is 0 Å². The molecule has 0 aromatic rings. The Morgan fingerprint density at radius 1 is 1.31 bits per heavy atom. The van der Waals surface area contributed by atoms with Crippen molar-refractivity contribution in [2.45, 2.75) is 52.0 Å². The molecule has 0 saturated heterocycles. The lowest BCUT2D eigenvalue weighted by molar-refractivity contribution is -0.144. The van der Waals surface area contributed by atoms with Crippen molar-refractivity contribution < 1.29 is 9.90 Å². The average molecular weight is 247 g/mol. The fraction of sp³-hybridized carbons (Fsp3) is 0.917. The molecule has 3 nitrogen and oxygen atoms in total. The first-order valence-corrected chi connectivity index (χ1v) is 7.28. The van der Waals surface area contributed by atoms with Gasteiger partial charge in [-0.2, -0.15) is 11.8 Å². The fourth-order valence-corrected chi connectivity index (χ4v) is 2.58. The van der Waals surface area contributed by atoms with Gasteiger partial charge in [0.1, 0.15) is 5.54 Å². The quantitative estimate of drug-likeness (QED) is 0.583. The Morgan fingerprint density at radius 2 is 1.94 bits per heavy atom. The van der Waals surface area contributed by atoms with Crippen molar-refractivity contribution in [1.82, 2.24) is 5.32 Å². The van der Waals surface area contributed by atoms with E-state index in [1.807, 2.05) is 18.7 Å². The van der Waals surface area contributed by atoms with Gasteiger partial charge in [-0.1, -0.05) is 20.3 Å². The summed E-state index contributed by atoms with van der Waals surface area (Å²) in [6, 6.07) is 0. The van der Waals surface area contributed by atoms with Crippen LogP contribution in [-0.2, 0) is 4.79 Å². The molecule has 0 radical (unpaired) electrons. The molecule has 0 bridgehead atoms. The SMILES string of the molecule is CCCCSCCCC(C)(NCC)C(=O)O. The normalized spacial score (nSPS) is 14.7. The molecule has 0 saturated carbocycles. The summed E-state index contributed by atoms with van der Waals surface area (Å²) in [5, 5.41) is 12.2. The van der Waals surface area contributed by atoms with E-state index < -0.39 is 11.5 Å². The van der Waals surface area contributed by atoms with Gasteiger partial charge in [0.15, 0.2) is 0 Å². The van der Waals surface area contributed by atoms with Crippen LogP contribution in [0, 0.1) is 0 Å². The second kappa shape index (κ2) is 8.88. The van der Waals surface area contributed by atoms with Crippen LogP contribution in [-0.4, -0.2) is 34.7 Å².